The SMILES string of the molecule is O=P(c1ccc2oc3ccccc3c2c1)(c1ccc2oc3ccccc3c2c1)c1ccc2c(c1)c1ccccc1c1cc3c(cc21)sc1ccccc13. The predicted molar refractivity (Wildman–Crippen MR) is 226 cm³/mol. The molecule has 0 aliphatic rings. The molecule has 0 atom stereocenters. The van der Waals surface area contributed by atoms with Gasteiger partial charge in [-0.05, 0) is 105 Å². The number of rotatable bonds is 3. The standard InChI is InChI=1S/C48H27O3PS/c49-52(29-18-21-45-40(24-29)34-11-3-6-14-43(34)50-45,30-19-22-46-41(25-30)35-12-4-7-15-44(35)51-46)28-17-20-33-37(23-28)31-9-1-2-10-32(31)38-26-42-36-13-5-8-16-47(36)53-48(42)27-39(33)38/h1-27H. The molecule has 3 nitrogen and oxygen atoms in total. The van der Waals surface area contributed by atoms with Crippen molar-refractivity contribution in [3.8, 4) is 0 Å². The van der Waals surface area contributed by atoms with Gasteiger partial charge in [0.1, 0.15) is 22.3 Å². The highest BCUT2D eigenvalue weighted by molar-refractivity contribution is 7.85. The van der Waals surface area contributed by atoms with E-state index in [9.17, 15) is 0 Å². The van der Waals surface area contributed by atoms with Gasteiger partial charge in [0.25, 0.3) is 0 Å². The second-order valence-electron chi connectivity index (χ2n) is 13.9. The van der Waals surface area contributed by atoms with E-state index >= 15 is 4.57 Å². The molecule has 0 amide bonds. The van der Waals surface area contributed by atoms with Crippen molar-refractivity contribution in [1.29, 1.82) is 0 Å². The smallest absolute Gasteiger partial charge is 0.171 e. The minimum absolute atomic E-state index is 0.764. The summed E-state index contributed by atoms with van der Waals surface area (Å²) in [4.78, 5) is 0. The highest BCUT2D eigenvalue weighted by Gasteiger charge is 2.32. The number of furan rings is 2. The van der Waals surface area contributed by atoms with Crippen molar-refractivity contribution in [2.24, 2.45) is 0 Å². The Hall–Kier alpha value is -6.19. The van der Waals surface area contributed by atoms with E-state index in [1.807, 2.05) is 72.0 Å². The van der Waals surface area contributed by atoms with Crippen LogP contribution in [-0.4, -0.2) is 0 Å². The maximum atomic E-state index is 16.5. The molecule has 12 aromatic rings. The third kappa shape index (κ3) is 4.08. The fraction of sp³-hybridized carbons (Fsp3) is 0. The van der Waals surface area contributed by atoms with Gasteiger partial charge < -0.3 is 13.4 Å². The van der Waals surface area contributed by atoms with E-state index in [4.69, 9.17) is 8.83 Å². The van der Waals surface area contributed by atoms with Crippen LogP contribution >= 0.6 is 18.5 Å². The number of para-hydroxylation sites is 2. The van der Waals surface area contributed by atoms with Crippen LogP contribution in [0.15, 0.2) is 173 Å². The third-order valence-electron chi connectivity index (χ3n) is 11.1. The summed E-state index contributed by atoms with van der Waals surface area (Å²) in [6.07, 6.45) is 0. The highest BCUT2D eigenvalue weighted by Crippen LogP contribution is 2.47. The van der Waals surface area contributed by atoms with Gasteiger partial charge in [0.2, 0.25) is 0 Å². The molecule has 0 radical (unpaired) electrons. The molecule has 0 aliphatic heterocycles. The quantitative estimate of drug-likeness (QED) is 0.135. The van der Waals surface area contributed by atoms with Gasteiger partial charge in [0.15, 0.2) is 7.14 Å². The largest absolute Gasteiger partial charge is 0.456 e. The van der Waals surface area contributed by atoms with Gasteiger partial charge >= 0.3 is 0 Å². The topological polar surface area (TPSA) is 43.4 Å². The van der Waals surface area contributed by atoms with E-state index in [-0.39, 0.29) is 0 Å². The summed E-state index contributed by atoms with van der Waals surface area (Å²) in [6, 6.07) is 56.8. The molecule has 9 aromatic carbocycles. The van der Waals surface area contributed by atoms with Crippen LogP contribution in [0.4, 0.5) is 0 Å². The Labute approximate surface area is 306 Å². The van der Waals surface area contributed by atoms with Crippen LogP contribution in [0.25, 0.3) is 96.4 Å². The van der Waals surface area contributed by atoms with Crippen molar-refractivity contribution in [1.82, 2.24) is 0 Å². The van der Waals surface area contributed by atoms with E-state index in [1.165, 1.54) is 36.3 Å². The zero-order valence-electron chi connectivity index (χ0n) is 28.2. The minimum atomic E-state index is -3.48. The number of hydrogen-bond acceptors (Lipinski definition) is 4. The first-order valence-electron chi connectivity index (χ1n) is 17.8. The predicted octanol–water partition coefficient (Wildman–Crippen LogP) is 13.0. The molecule has 0 saturated carbocycles. The van der Waals surface area contributed by atoms with Crippen LogP contribution in [0.5, 0.6) is 0 Å². The summed E-state index contributed by atoms with van der Waals surface area (Å²) in [5, 5.41) is 15.8. The molecule has 12 rings (SSSR count). The number of fused-ring (bicyclic) bond motifs is 15. The van der Waals surface area contributed by atoms with Gasteiger partial charge in [0.05, 0.1) is 0 Å². The maximum Gasteiger partial charge on any atom is 0.171 e. The second kappa shape index (κ2) is 10.7. The fourth-order valence-electron chi connectivity index (χ4n) is 8.62. The first-order valence-corrected chi connectivity index (χ1v) is 20.3. The molecule has 248 valence electrons. The highest BCUT2D eigenvalue weighted by atomic mass is 32.1. The summed E-state index contributed by atoms with van der Waals surface area (Å²) in [6.45, 7) is 0. The zero-order valence-corrected chi connectivity index (χ0v) is 29.9. The lowest BCUT2D eigenvalue weighted by Crippen LogP contribution is -2.25. The monoisotopic (exact) mass is 714 g/mol. The summed E-state index contributed by atoms with van der Waals surface area (Å²) in [5.41, 5.74) is 3.19. The molecule has 0 saturated heterocycles. The van der Waals surface area contributed by atoms with Crippen molar-refractivity contribution < 1.29 is 13.4 Å². The Kier molecular flexibility index (Phi) is 5.92. The maximum absolute atomic E-state index is 16.5. The molecule has 0 spiro atoms. The molecule has 0 bridgehead atoms. The molecule has 53 heavy (non-hydrogen) atoms. The van der Waals surface area contributed by atoms with Crippen molar-refractivity contribution in [2.75, 3.05) is 0 Å². The van der Waals surface area contributed by atoms with Gasteiger partial charge in [-0.2, -0.15) is 0 Å². The van der Waals surface area contributed by atoms with Crippen LogP contribution < -0.4 is 15.9 Å². The van der Waals surface area contributed by atoms with E-state index in [2.05, 4.69) is 103 Å². The summed E-state index contributed by atoms with van der Waals surface area (Å²) in [7, 11) is -3.48. The molecule has 0 aliphatic carbocycles. The molecule has 3 heterocycles. The van der Waals surface area contributed by atoms with E-state index < -0.39 is 7.14 Å². The summed E-state index contributed by atoms with van der Waals surface area (Å²) < 4.78 is 31.5. The molecular weight excluding hydrogens is 688 g/mol. The number of hydrogen-bond donors (Lipinski definition) is 0. The van der Waals surface area contributed by atoms with E-state index in [0.717, 1.165) is 75.9 Å². The molecule has 5 heteroatoms. The van der Waals surface area contributed by atoms with Gasteiger partial charge in [-0.1, -0.05) is 91.0 Å². The van der Waals surface area contributed by atoms with Gasteiger partial charge in [-0.15, -0.1) is 11.3 Å². The van der Waals surface area contributed by atoms with Crippen molar-refractivity contribution in [3.63, 3.8) is 0 Å². The van der Waals surface area contributed by atoms with Crippen LogP contribution in [0.2, 0.25) is 0 Å². The first-order chi connectivity index (χ1) is 26.1. The van der Waals surface area contributed by atoms with Crippen LogP contribution in [0.1, 0.15) is 0 Å². The van der Waals surface area contributed by atoms with Crippen LogP contribution in [0, 0.1) is 0 Å². The average Bonchev–Trinajstić information content (AvgIpc) is 3.90. The van der Waals surface area contributed by atoms with E-state index in [1.54, 1.807) is 0 Å². The lowest BCUT2D eigenvalue weighted by atomic mass is 9.93. The third-order valence-corrected chi connectivity index (χ3v) is 15.3. The Morgan fingerprint density at radius 1 is 0.321 bits per heavy atom. The first kappa shape index (κ1) is 29.4. The Morgan fingerprint density at radius 2 is 0.755 bits per heavy atom. The summed E-state index contributed by atoms with van der Waals surface area (Å²) >= 11 is 1.84. The lowest BCUT2D eigenvalue weighted by molar-refractivity contribution is 0.592. The second-order valence-corrected chi connectivity index (χ2v) is 17.8. The molecular formula is C48H27O3PS. The molecule has 0 N–H and O–H groups in total. The van der Waals surface area contributed by atoms with Crippen molar-refractivity contribution in [2.45, 2.75) is 0 Å². The van der Waals surface area contributed by atoms with Gasteiger partial charge in [-0.3, -0.25) is 0 Å². The minimum Gasteiger partial charge on any atom is -0.456 e. The molecule has 0 fully saturated rings. The van der Waals surface area contributed by atoms with Crippen LogP contribution in [0.3, 0.4) is 0 Å². The average molecular weight is 715 g/mol. The molecule has 0 unspecified atom stereocenters. The summed E-state index contributed by atoms with van der Waals surface area (Å²) in [5.74, 6) is 0. The zero-order chi connectivity index (χ0) is 34.8. The molecule has 3 aromatic heterocycles. The van der Waals surface area contributed by atoms with Crippen molar-refractivity contribution in [3.05, 3.63) is 164 Å². The lowest BCUT2D eigenvalue weighted by Gasteiger charge is -2.21. The van der Waals surface area contributed by atoms with Crippen LogP contribution in [-0.2, 0) is 4.57 Å². The normalized spacial score (nSPS) is 12.6. The van der Waals surface area contributed by atoms with Gasteiger partial charge in [0, 0.05) is 57.6 Å². The van der Waals surface area contributed by atoms with Gasteiger partial charge in [-0.25, -0.2) is 0 Å². The fourth-order valence-corrected chi connectivity index (χ4v) is 12.4. The van der Waals surface area contributed by atoms with Crippen molar-refractivity contribution >= 4 is 131 Å². The number of thiophene rings is 1. The Bertz CT molecular complexity index is 3450. The Morgan fingerprint density at radius 3 is 1.38 bits per heavy atom. The Balaban J connectivity index is 1.17. The number of benzene rings is 9. The van der Waals surface area contributed by atoms with E-state index in [0.29, 0.717) is 0 Å².